The molecule has 0 aromatic heterocycles. The number of para-hydroxylation sites is 1. The molecule has 4 aromatic rings. The number of benzene rings is 4. The summed E-state index contributed by atoms with van der Waals surface area (Å²) < 4.78 is 11.0. The van der Waals surface area contributed by atoms with E-state index in [1.807, 2.05) is 12.1 Å². The van der Waals surface area contributed by atoms with Gasteiger partial charge < -0.3 is 14.4 Å². The number of hydrogen-bond acceptors (Lipinski definition) is 3. The fourth-order valence-corrected chi connectivity index (χ4v) is 5.24. The van der Waals surface area contributed by atoms with Gasteiger partial charge >= 0.3 is 0 Å². The van der Waals surface area contributed by atoms with E-state index < -0.39 is 0 Å². The molecule has 3 nitrogen and oxygen atoms in total. The van der Waals surface area contributed by atoms with Crippen molar-refractivity contribution in [3.05, 3.63) is 120 Å². The van der Waals surface area contributed by atoms with Crippen molar-refractivity contribution in [3.8, 4) is 5.75 Å². The maximum atomic E-state index is 5.86. The molecule has 0 aliphatic carbocycles. The van der Waals surface area contributed by atoms with Crippen molar-refractivity contribution in [1.29, 1.82) is 0 Å². The maximum Gasteiger partial charge on any atom is 0.188 e. The van der Waals surface area contributed by atoms with Crippen LogP contribution >= 0.6 is 8.58 Å². The predicted molar refractivity (Wildman–Crippen MR) is 140 cm³/mol. The van der Waals surface area contributed by atoms with Gasteiger partial charge in [-0.05, 0) is 35.7 Å². The average Bonchev–Trinajstić information content (AvgIpc) is 2.85. The van der Waals surface area contributed by atoms with E-state index in [0.717, 1.165) is 18.8 Å². The second-order valence-electron chi connectivity index (χ2n) is 7.97. The minimum absolute atomic E-state index is 0.246. The Labute approximate surface area is 198 Å². The lowest BCUT2D eigenvalue weighted by Crippen LogP contribution is -2.27. The number of methoxy groups -OCH3 is 1. The van der Waals surface area contributed by atoms with Crippen LogP contribution in [0.1, 0.15) is 16.7 Å². The summed E-state index contributed by atoms with van der Waals surface area (Å²) in [6.45, 7) is 4.14. The van der Waals surface area contributed by atoms with E-state index in [1.54, 1.807) is 7.11 Å². The van der Waals surface area contributed by atoms with Crippen molar-refractivity contribution in [1.82, 2.24) is 0 Å². The Morgan fingerprint density at radius 2 is 1.30 bits per heavy atom. The molecule has 0 N–H and O–H groups in total. The normalized spacial score (nSPS) is 11.1. The lowest BCUT2D eigenvalue weighted by Gasteiger charge is -2.29. The van der Waals surface area contributed by atoms with Crippen molar-refractivity contribution < 1.29 is 9.47 Å². The molecule has 33 heavy (non-hydrogen) atoms. The topological polar surface area (TPSA) is 21.7 Å². The van der Waals surface area contributed by atoms with Crippen molar-refractivity contribution in [2.75, 3.05) is 18.8 Å². The van der Waals surface area contributed by atoms with Crippen LogP contribution in [-0.4, -0.2) is 13.9 Å². The van der Waals surface area contributed by atoms with Gasteiger partial charge in [-0.15, -0.1) is 0 Å². The average molecular weight is 456 g/mol. The molecule has 4 heteroatoms. The molecule has 1 atom stereocenters. The Bertz CT molecular complexity index is 1110. The van der Waals surface area contributed by atoms with Gasteiger partial charge in [0.2, 0.25) is 0 Å². The van der Waals surface area contributed by atoms with Crippen molar-refractivity contribution in [3.63, 3.8) is 0 Å². The second-order valence-corrected chi connectivity index (χ2v) is 9.26. The minimum Gasteiger partial charge on any atom is -0.467 e. The first-order valence-corrected chi connectivity index (χ1v) is 12.1. The highest BCUT2D eigenvalue weighted by Gasteiger charge is 2.16. The van der Waals surface area contributed by atoms with Crippen molar-refractivity contribution in [2.24, 2.45) is 0 Å². The van der Waals surface area contributed by atoms with Gasteiger partial charge in [0.1, 0.15) is 5.75 Å². The summed E-state index contributed by atoms with van der Waals surface area (Å²) in [5.41, 5.74) is 5.15. The molecule has 4 rings (SSSR count). The molecule has 0 saturated carbocycles. The van der Waals surface area contributed by atoms with Gasteiger partial charge in [-0.2, -0.15) is 0 Å². The smallest absolute Gasteiger partial charge is 0.188 e. The Kier molecular flexibility index (Phi) is 8.14. The molecule has 0 fully saturated rings. The lowest BCUT2D eigenvalue weighted by molar-refractivity contribution is 0.0519. The highest BCUT2D eigenvalue weighted by atomic mass is 31.1. The fourth-order valence-electron chi connectivity index (χ4n) is 3.87. The molecule has 0 spiro atoms. The molecular weight excluding hydrogens is 425 g/mol. The van der Waals surface area contributed by atoms with Gasteiger partial charge in [-0.3, -0.25) is 0 Å². The molecule has 0 heterocycles. The van der Waals surface area contributed by atoms with Crippen molar-refractivity contribution >= 4 is 24.9 Å². The Hall–Kier alpha value is -3.13. The lowest BCUT2D eigenvalue weighted by atomic mass is 10.1. The molecular formula is C29H30NO2P. The van der Waals surface area contributed by atoms with E-state index in [1.165, 1.54) is 33.0 Å². The van der Waals surface area contributed by atoms with Crippen LogP contribution in [0.15, 0.2) is 103 Å². The van der Waals surface area contributed by atoms with Gasteiger partial charge in [0.25, 0.3) is 0 Å². The number of ether oxygens (including phenoxy) is 2. The molecule has 1 unspecified atom stereocenters. The second kappa shape index (κ2) is 11.7. The summed E-state index contributed by atoms with van der Waals surface area (Å²) in [7, 11) is 2.12. The van der Waals surface area contributed by atoms with Gasteiger partial charge in [0.15, 0.2) is 6.79 Å². The standard InChI is InChI=1S/C29H30NO2P/c1-23-12-11-17-26(29(23)33-28-19-10-9-18-27(28)32-22-31-2)30(20-24-13-5-3-6-14-24)21-25-15-7-4-8-16-25/h3-19,33H,20-22H2,1-2H3. The van der Waals surface area contributed by atoms with E-state index in [-0.39, 0.29) is 6.79 Å². The summed E-state index contributed by atoms with van der Waals surface area (Å²) in [4.78, 5) is 2.48. The Morgan fingerprint density at radius 1 is 0.697 bits per heavy atom. The van der Waals surface area contributed by atoms with Crippen LogP contribution in [-0.2, 0) is 17.8 Å². The van der Waals surface area contributed by atoms with Crippen LogP contribution in [0.25, 0.3) is 0 Å². The van der Waals surface area contributed by atoms with E-state index in [4.69, 9.17) is 9.47 Å². The molecule has 168 valence electrons. The number of hydrogen-bond donors (Lipinski definition) is 0. The van der Waals surface area contributed by atoms with E-state index in [0.29, 0.717) is 8.58 Å². The monoisotopic (exact) mass is 455 g/mol. The van der Waals surface area contributed by atoms with Crippen LogP contribution in [0.3, 0.4) is 0 Å². The molecule has 4 aromatic carbocycles. The quantitative estimate of drug-likeness (QED) is 0.222. The van der Waals surface area contributed by atoms with E-state index in [9.17, 15) is 0 Å². The first-order valence-electron chi connectivity index (χ1n) is 11.1. The summed E-state index contributed by atoms with van der Waals surface area (Å²) in [5, 5.41) is 2.53. The third-order valence-electron chi connectivity index (χ3n) is 5.50. The zero-order chi connectivity index (χ0) is 22.9. The number of aryl methyl sites for hydroxylation is 1. The highest BCUT2D eigenvalue weighted by molar-refractivity contribution is 7.56. The van der Waals surface area contributed by atoms with Crippen LogP contribution in [0.5, 0.6) is 5.75 Å². The predicted octanol–water partition coefficient (Wildman–Crippen LogP) is 5.81. The van der Waals surface area contributed by atoms with Crippen LogP contribution in [0.4, 0.5) is 5.69 Å². The zero-order valence-corrected chi connectivity index (χ0v) is 20.2. The number of rotatable bonds is 10. The van der Waals surface area contributed by atoms with Gasteiger partial charge in [-0.25, -0.2) is 0 Å². The third kappa shape index (κ3) is 6.22. The summed E-state index contributed by atoms with van der Waals surface area (Å²) in [6.07, 6.45) is 0. The maximum absolute atomic E-state index is 5.86. The van der Waals surface area contributed by atoms with Gasteiger partial charge in [-0.1, -0.05) is 99.6 Å². The summed E-state index contributed by atoms with van der Waals surface area (Å²) in [5.74, 6) is 0.879. The zero-order valence-electron chi connectivity index (χ0n) is 19.2. The highest BCUT2D eigenvalue weighted by Crippen LogP contribution is 2.29. The Morgan fingerprint density at radius 3 is 1.94 bits per heavy atom. The minimum atomic E-state index is 0.246. The number of nitrogens with zero attached hydrogens (tertiary/aromatic N) is 1. The molecule has 0 aliphatic heterocycles. The van der Waals surface area contributed by atoms with E-state index >= 15 is 0 Å². The van der Waals surface area contributed by atoms with Gasteiger partial charge in [0, 0.05) is 36.5 Å². The molecule has 0 bridgehead atoms. The van der Waals surface area contributed by atoms with Crippen LogP contribution in [0, 0.1) is 6.92 Å². The third-order valence-corrected chi connectivity index (χ3v) is 7.09. The summed E-state index contributed by atoms with van der Waals surface area (Å²) >= 11 is 0. The molecule has 0 saturated heterocycles. The van der Waals surface area contributed by atoms with Crippen LogP contribution < -0.4 is 20.2 Å². The molecule has 0 aliphatic rings. The van der Waals surface area contributed by atoms with Crippen LogP contribution in [0.2, 0.25) is 0 Å². The van der Waals surface area contributed by atoms with Gasteiger partial charge in [0.05, 0.1) is 0 Å². The van der Waals surface area contributed by atoms with Crippen molar-refractivity contribution in [2.45, 2.75) is 20.0 Å². The molecule has 0 amide bonds. The SMILES string of the molecule is COCOc1ccccc1Pc1c(C)cccc1N(Cc1ccccc1)Cc1ccccc1. The first kappa shape index (κ1) is 23.0. The van der Waals surface area contributed by atoms with E-state index in [2.05, 4.69) is 103 Å². The molecule has 0 radical (unpaired) electrons. The number of anilines is 1. The first-order chi connectivity index (χ1) is 16.2. The Balaban J connectivity index is 1.71. The largest absolute Gasteiger partial charge is 0.467 e. The fraction of sp³-hybridized carbons (Fsp3) is 0.172. The summed E-state index contributed by atoms with van der Waals surface area (Å²) in [6, 6.07) is 36.2.